The molecule has 1 N–H and O–H groups in total. The third-order valence-corrected chi connectivity index (χ3v) is 3.86. The Morgan fingerprint density at radius 2 is 1.55 bits per heavy atom. The normalized spacial score (nSPS) is 12.0. The van der Waals surface area contributed by atoms with Crippen molar-refractivity contribution in [2.45, 2.75) is 12.5 Å². The number of hydrogen-bond donors (Lipinski definition) is 1. The predicted octanol–water partition coefficient (Wildman–Crippen LogP) is 3.58. The van der Waals surface area contributed by atoms with Crippen LogP contribution in [0.5, 0.6) is 11.5 Å². The Hall–Kier alpha value is -1.27. The Kier molecular flexibility index (Phi) is 5.25. The molecule has 0 radical (unpaired) electrons. The van der Waals surface area contributed by atoms with Crippen molar-refractivity contribution < 1.29 is 14.6 Å². The summed E-state index contributed by atoms with van der Waals surface area (Å²) in [6.45, 7) is 0. The summed E-state index contributed by atoms with van der Waals surface area (Å²) in [7, 11) is 3.19. The first-order chi connectivity index (χ1) is 9.65. The molecule has 0 saturated heterocycles. The van der Waals surface area contributed by atoms with Gasteiger partial charge >= 0.3 is 0 Å². The van der Waals surface area contributed by atoms with Crippen LogP contribution in [0.3, 0.4) is 0 Å². The minimum Gasteiger partial charge on any atom is -0.496 e. The van der Waals surface area contributed by atoms with Gasteiger partial charge in [-0.3, -0.25) is 0 Å². The maximum absolute atomic E-state index is 10.5. The highest BCUT2D eigenvalue weighted by Gasteiger charge is 2.19. The standard InChI is InChI=1S/C16H17IO3/c1-19-14-4-3-5-15(20-2)16(14)13(18)10-11-6-8-12(17)9-7-11/h3-9,13,18H,10H2,1-2H3. The predicted molar refractivity (Wildman–Crippen MR) is 87.4 cm³/mol. The zero-order chi connectivity index (χ0) is 14.5. The fraction of sp³-hybridized carbons (Fsp3) is 0.250. The number of benzene rings is 2. The summed E-state index contributed by atoms with van der Waals surface area (Å²) in [6, 6.07) is 13.6. The van der Waals surface area contributed by atoms with Gasteiger partial charge in [0, 0.05) is 9.99 Å². The highest BCUT2D eigenvalue weighted by molar-refractivity contribution is 14.1. The molecule has 0 aliphatic heterocycles. The first-order valence-corrected chi connectivity index (χ1v) is 7.37. The molecular weight excluding hydrogens is 367 g/mol. The number of aliphatic hydroxyl groups is 1. The summed E-state index contributed by atoms with van der Waals surface area (Å²) in [5.74, 6) is 1.28. The van der Waals surface area contributed by atoms with Crippen LogP contribution in [0.25, 0.3) is 0 Å². The van der Waals surface area contributed by atoms with Crippen LogP contribution in [0.15, 0.2) is 42.5 Å². The van der Waals surface area contributed by atoms with Gasteiger partial charge in [0.25, 0.3) is 0 Å². The highest BCUT2D eigenvalue weighted by Crippen LogP contribution is 2.35. The topological polar surface area (TPSA) is 38.7 Å². The van der Waals surface area contributed by atoms with Gasteiger partial charge in [0.1, 0.15) is 11.5 Å². The van der Waals surface area contributed by atoms with E-state index in [0.29, 0.717) is 23.5 Å². The number of rotatable bonds is 5. The van der Waals surface area contributed by atoms with Crippen LogP contribution in [0.2, 0.25) is 0 Å². The second-order valence-electron chi connectivity index (χ2n) is 4.42. The third-order valence-electron chi connectivity index (χ3n) is 3.14. The second kappa shape index (κ2) is 6.95. The van der Waals surface area contributed by atoms with E-state index in [0.717, 1.165) is 5.56 Å². The Morgan fingerprint density at radius 3 is 2.05 bits per heavy atom. The minimum absolute atomic E-state index is 0.521. The maximum atomic E-state index is 10.5. The molecule has 3 nitrogen and oxygen atoms in total. The number of aliphatic hydroxyl groups excluding tert-OH is 1. The Morgan fingerprint density at radius 1 is 1.00 bits per heavy atom. The van der Waals surface area contributed by atoms with E-state index in [2.05, 4.69) is 22.6 Å². The molecule has 0 aliphatic rings. The van der Waals surface area contributed by atoms with Crippen LogP contribution < -0.4 is 9.47 Å². The molecular formula is C16H17IO3. The van der Waals surface area contributed by atoms with E-state index in [1.807, 2.05) is 42.5 Å². The lowest BCUT2D eigenvalue weighted by Crippen LogP contribution is -2.06. The van der Waals surface area contributed by atoms with Crippen molar-refractivity contribution in [1.29, 1.82) is 0 Å². The molecule has 0 saturated carbocycles. The lowest BCUT2D eigenvalue weighted by Gasteiger charge is -2.18. The summed E-state index contributed by atoms with van der Waals surface area (Å²) in [6.07, 6.45) is -0.144. The molecule has 0 amide bonds. The monoisotopic (exact) mass is 384 g/mol. The molecule has 2 aromatic rings. The molecule has 0 aromatic heterocycles. The zero-order valence-electron chi connectivity index (χ0n) is 11.5. The quantitative estimate of drug-likeness (QED) is 0.801. The van der Waals surface area contributed by atoms with Crippen LogP contribution in [0.4, 0.5) is 0 Å². The van der Waals surface area contributed by atoms with Crippen molar-refractivity contribution in [3.8, 4) is 11.5 Å². The van der Waals surface area contributed by atoms with Gasteiger partial charge in [0.2, 0.25) is 0 Å². The van der Waals surface area contributed by atoms with E-state index in [9.17, 15) is 5.11 Å². The molecule has 2 rings (SSSR count). The van der Waals surface area contributed by atoms with Gasteiger partial charge in [-0.15, -0.1) is 0 Å². The Bertz CT molecular complexity index is 544. The number of hydrogen-bond acceptors (Lipinski definition) is 3. The Balaban J connectivity index is 2.28. The largest absolute Gasteiger partial charge is 0.496 e. The summed E-state index contributed by atoms with van der Waals surface area (Å²) >= 11 is 2.26. The van der Waals surface area contributed by atoms with Gasteiger partial charge in [-0.2, -0.15) is 0 Å². The molecule has 0 heterocycles. The molecule has 1 unspecified atom stereocenters. The third kappa shape index (κ3) is 3.43. The highest BCUT2D eigenvalue weighted by atomic mass is 127. The molecule has 4 heteroatoms. The smallest absolute Gasteiger partial charge is 0.128 e. The minimum atomic E-state index is -0.666. The molecule has 106 valence electrons. The van der Waals surface area contributed by atoms with Gasteiger partial charge in [-0.25, -0.2) is 0 Å². The first-order valence-electron chi connectivity index (χ1n) is 6.29. The molecule has 0 bridgehead atoms. The van der Waals surface area contributed by atoms with Gasteiger partial charge in [0.15, 0.2) is 0 Å². The lowest BCUT2D eigenvalue weighted by atomic mass is 9.99. The van der Waals surface area contributed by atoms with Crippen LogP contribution in [-0.4, -0.2) is 19.3 Å². The molecule has 20 heavy (non-hydrogen) atoms. The van der Waals surface area contributed by atoms with E-state index in [4.69, 9.17) is 9.47 Å². The van der Waals surface area contributed by atoms with Crippen molar-refractivity contribution in [1.82, 2.24) is 0 Å². The van der Waals surface area contributed by atoms with Crippen LogP contribution >= 0.6 is 22.6 Å². The molecule has 0 spiro atoms. The fourth-order valence-electron chi connectivity index (χ4n) is 2.15. The molecule has 0 fully saturated rings. The van der Waals surface area contributed by atoms with Crippen molar-refractivity contribution >= 4 is 22.6 Å². The zero-order valence-corrected chi connectivity index (χ0v) is 13.6. The van der Waals surface area contributed by atoms with Gasteiger partial charge in [0.05, 0.1) is 25.9 Å². The van der Waals surface area contributed by atoms with Gasteiger partial charge in [-0.1, -0.05) is 18.2 Å². The summed E-state index contributed by atoms with van der Waals surface area (Å²) in [5, 5.41) is 10.5. The molecule has 2 aromatic carbocycles. The van der Waals surface area contributed by atoms with Crippen molar-refractivity contribution in [3.05, 3.63) is 57.2 Å². The van der Waals surface area contributed by atoms with Crippen molar-refractivity contribution in [2.24, 2.45) is 0 Å². The second-order valence-corrected chi connectivity index (χ2v) is 5.67. The van der Waals surface area contributed by atoms with Gasteiger partial charge in [-0.05, 0) is 52.4 Å². The van der Waals surface area contributed by atoms with Crippen molar-refractivity contribution in [2.75, 3.05) is 14.2 Å². The fourth-order valence-corrected chi connectivity index (χ4v) is 2.51. The summed E-state index contributed by atoms with van der Waals surface area (Å²) < 4.78 is 11.8. The SMILES string of the molecule is COc1cccc(OC)c1C(O)Cc1ccc(I)cc1. The number of ether oxygens (including phenoxy) is 2. The van der Waals surface area contributed by atoms with Gasteiger partial charge < -0.3 is 14.6 Å². The lowest BCUT2D eigenvalue weighted by molar-refractivity contribution is 0.169. The van der Waals surface area contributed by atoms with E-state index in [1.54, 1.807) is 14.2 Å². The molecule has 0 aliphatic carbocycles. The first kappa shape index (κ1) is 15.1. The van der Waals surface area contributed by atoms with E-state index < -0.39 is 6.10 Å². The van der Waals surface area contributed by atoms with Crippen LogP contribution in [0.1, 0.15) is 17.2 Å². The molecule has 1 atom stereocenters. The maximum Gasteiger partial charge on any atom is 0.128 e. The average molecular weight is 384 g/mol. The summed E-state index contributed by atoms with van der Waals surface area (Å²) in [4.78, 5) is 0. The number of methoxy groups -OCH3 is 2. The summed E-state index contributed by atoms with van der Waals surface area (Å²) in [5.41, 5.74) is 1.77. The number of halogens is 1. The Labute approximate surface area is 132 Å². The van der Waals surface area contributed by atoms with E-state index >= 15 is 0 Å². The van der Waals surface area contributed by atoms with Crippen LogP contribution in [-0.2, 0) is 6.42 Å². The van der Waals surface area contributed by atoms with Crippen LogP contribution in [0, 0.1) is 3.57 Å². The van der Waals surface area contributed by atoms with E-state index in [1.165, 1.54) is 3.57 Å². The van der Waals surface area contributed by atoms with Crippen molar-refractivity contribution in [3.63, 3.8) is 0 Å². The van der Waals surface area contributed by atoms with E-state index in [-0.39, 0.29) is 0 Å². The average Bonchev–Trinajstić information content (AvgIpc) is 2.48.